The van der Waals surface area contributed by atoms with Gasteiger partial charge in [0.05, 0.1) is 74.1 Å². The summed E-state index contributed by atoms with van der Waals surface area (Å²) < 4.78 is 26.7. The molecule has 16 heteroatoms. The summed E-state index contributed by atoms with van der Waals surface area (Å²) in [5.41, 5.74) is 10.0. The van der Waals surface area contributed by atoms with Crippen molar-refractivity contribution >= 4 is 29.7 Å². The average Bonchev–Trinajstić information content (AvgIpc) is 3.99. The minimum absolute atomic E-state index is 0.293. The highest BCUT2D eigenvalue weighted by atomic mass is 16.7. The third kappa shape index (κ3) is 9.43. The van der Waals surface area contributed by atoms with Gasteiger partial charge in [-0.1, -0.05) is 41.2 Å². The highest BCUT2D eigenvalue weighted by molar-refractivity contribution is 6.02. The normalized spacial score (nSPS) is 20.0. The van der Waals surface area contributed by atoms with Crippen molar-refractivity contribution in [3.05, 3.63) is 111 Å². The van der Waals surface area contributed by atoms with Crippen LogP contribution in [-0.2, 0) is 67.9 Å². The van der Waals surface area contributed by atoms with Gasteiger partial charge in [0.1, 0.15) is 22.4 Å². The van der Waals surface area contributed by atoms with Crippen LogP contribution in [0.1, 0.15) is 118 Å². The first kappa shape index (κ1) is 46.0. The minimum Gasteiger partial charge on any atom is -0.444 e. The number of aromatic nitrogens is 4. The van der Waals surface area contributed by atoms with Crippen LogP contribution in [0.5, 0.6) is 0 Å². The maximum atomic E-state index is 12.3. The van der Waals surface area contributed by atoms with Gasteiger partial charge in [-0.3, -0.25) is 9.36 Å². The number of carbonyl (C=O) groups excluding carboxylic acids is 2. The molecular weight excluding hydrogens is 817 g/mol. The highest BCUT2D eigenvalue weighted by Crippen LogP contribution is 2.46. The van der Waals surface area contributed by atoms with Crippen LogP contribution in [0.3, 0.4) is 0 Å². The third-order valence-corrected chi connectivity index (χ3v) is 11.7. The first-order valence-corrected chi connectivity index (χ1v) is 21.5. The lowest BCUT2D eigenvalue weighted by atomic mass is 9.84. The Morgan fingerprint density at radius 3 is 1.77 bits per heavy atom. The number of likely N-dealkylation sites (tertiary alicyclic amines) is 2. The van der Waals surface area contributed by atoms with Crippen molar-refractivity contribution in [2.75, 3.05) is 26.2 Å². The van der Waals surface area contributed by atoms with Gasteiger partial charge < -0.3 is 38.8 Å². The summed E-state index contributed by atoms with van der Waals surface area (Å²) in [4.78, 5) is 33.6. The number of hydrogen-bond donors (Lipinski definition) is 1. The summed E-state index contributed by atoms with van der Waals surface area (Å²) >= 11 is 0. The Bertz CT molecular complexity index is 2510. The number of rotatable bonds is 4. The van der Waals surface area contributed by atoms with Crippen LogP contribution in [0.4, 0.5) is 9.59 Å². The molecule has 0 saturated carbocycles. The van der Waals surface area contributed by atoms with E-state index in [0.717, 1.165) is 67.4 Å². The van der Waals surface area contributed by atoms with Crippen molar-refractivity contribution in [1.82, 2.24) is 29.4 Å². The number of hydrogen-bond acceptors (Lipinski definition) is 12. The Morgan fingerprint density at radius 1 is 0.797 bits per heavy atom. The molecule has 342 valence electrons. The summed E-state index contributed by atoms with van der Waals surface area (Å²) in [6, 6.07) is 16.2. The molecule has 2 amide bonds. The Kier molecular flexibility index (Phi) is 12.1. The molecule has 2 aromatic carbocycles. The molecule has 64 heavy (non-hydrogen) atoms. The molecular formula is C48H62N8O8. The third-order valence-electron chi connectivity index (χ3n) is 11.7. The van der Waals surface area contributed by atoms with E-state index < -0.39 is 28.0 Å². The number of carbonyl (C=O) groups is 2. The predicted molar refractivity (Wildman–Crippen MR) is 241 cm³/mol. The summed E-state index contributed by atoms with van der Waals surface area (Å²) in [7, 11) is 3.86. The lowest BCUT2D eigenvalue weighted by Crippen LogP contribution is -2.61. The highest BCUT2D eigenvalue weighted by Gasteiger charge is 2.54. The predicted octanol–water partition coefficient (Wildman–Crippen LogP) is 7.98. The van der Waals surface area contributed by atoms with Crippen molar-refractivity contribution in [1.29, 1.82) is 0 Å². The molecule has 16 nitrogen and oxygen atoms in total. The number of amides is 2. The van der Waals surface area contributed by atoms with Gasteiger partial charge in [0.2, 0.25) is 0 Å². The first-order valence-electron chi connectivity index (χ1n) is 21.5. The Morgan fingerprint density at radius 2 is 1.31 bits per heavy atom. The molecule has 0 radical (unpaired) electrons. The first-order chi connectivity index (χ1) is 29.9. The van der Waals surface area contributed by atoms with E-state index in [1.165, 1.54) is 6.21 Å². The van der Waals surface area contributed by atoms with Crippen LogP contribution < -0.4 is 0 Å². The second-order valence-corrected chi connectivity index (χ2v) is 19.7. The molecule has 2 saturated heterocycles. The zero-order chi connectivity index (χ0) is 46.6. The summed E-state index contributed by atoms with van der Waals surface area (Å²) in [6.07, 6.45) is 1.46. The van der Waals surface area contributed by atoms with Crippen molar-refractivity contribution in [3.63, 3.8) is 0 Å². The van der Waals surface area contributed by atoms with Crippen molar-refractivity contribution in [2.45, 2.75) is 117 Å². The van der Waals surface area contributed by atoms with E-state index in [1.54, 1.807) is 9.80 Å². The van der Waals surface area contributed by atoms with E-state index in [4.69, 9.17) is 29.0 Å². The second kappa shape index (κ2) is 16.8. The van der Waals surface area contributed by atoms with Crippen LogP contribution in [0, 0.1) is 13.8 Å². The number of ether oxygens (including phenoxy) is 4. The monoisotopic (exact) mass is 878 g/mol. The second-order valence-electron chi connectivity index (χ2n) is 19.7. The molecule has 7 heterocycles. The molecule has 5 aliphatic rings. The molecule has 2 aromatic heterocycles. The Labute approximate surface area is 375 Å². The molecule has 5 aliphatic heterocycles. The number of benzene rings is 2. The largest absolute Gasteiger partial charge is 0.444 e. The number of aryl methyl sites for hydroxylation is 4. The van der Waals surface area contributed by atoms with E-state index in [2.05, 4.69) is 45.3 Å². The van der Waals surface area contributed by atoms with Crippen LogP contribution in [0.15, 0.2) is 65.4 Å². The van der Waals surface area contributed by atoms with Gasteiger partial charge in [-0.15, -0.1) is 0 Å². The molecule has 2 fully saturated rings. The van der Waals surface area contributed by atoms with Gasteiger partial charge in [0.25, 0.3) is 0 Å². The quantitative estimate of drug-likeness (QED) is 0.121. The SMILES string of the molecule is C=C(C)c1cc(C)nn1C.CC(C)(C)OC(=O)N1CC2(C1)OCc1cc(/C=N/O)ccc12.Cc1cc(C2(C)CC(c3ccc4c(c3)COC43CN(C(=O)OC(C)(C)C)C3)=NO2)n(C)n1. The topological polar surface area (TPSA) is 167 Å². The van der Waals surface area contributed by atoms with Crippen molar-refractivity contribution in [3.8, 4) is 0 Å². The smallest absolute Gasteiger partial charge is 0.410 e. The van der Waals surface area contributed by atoms with E-state index in [0.29, 0.717) is 45.8 Å². The molecule has 9 rings (SSSR count). The Balaban J connectivity index is 0.000000165. The van der Waals surface area contributed by atoms with Gasteiger partial charge in [0, 0.05) is 20.5 Å². The average molecular weight is 879 g/mol. The molecule has 0 aliphatic carbocycles. The molecule has 1 unspecified atom stereocenters. The lowest BCUT2D eigenvalue weighted by molar-refractivity contribution is -0.137. The maximum Gasteiger partial charge on any atom is 0.410 e. The molecule has 1 N–H and O–H groups in total. The van der Waals surface area contributed by atoms with Crippen molar-refractivity contribution in [2.24, 2.45) is 24.4 Å². The Hall–Kier alpha value is -6.00. The number of oxime groups is 2. The van der Waals surface area contributed by atoms with Crippen LogP contribution in [-0.4, -0.2) is 96.1 Å². The van der Waals surface area contributed by atoms with E-state index in [9.17, 15) is 9.59 Å². The van der Waals surface area contributed by atoms with E-state index in [-0.39, 0.29) is 12.2 Å². The van der Waals surface area contributed by atoms with Gasteiger partial charge >= 0.3 is 12.2 Å². The van der Waals surface area contributed by atoms with E-state index in [1.807, 2.05) is 123 Å². The fourth-order valence-electron chi connectivity index (χ4n) is 8.77. The van der Waals surface area contributed by atoms with Crippen LogP contribution in [0.25, 0.3) is 5.57 Å². The summed E-state index contributed by atoms with van der Waals surface area (Å²) in [6.45, 7) is 26.1. The van der Waals surface area contributed by atoms with Crippen molar-refractivity contribution < 1.29 is 38.6 Å². The maximum absolute atomic E-state index is 12.3. The number of allylic oxidation sites excluding steroid dienone is 1. The lowest BCUT2D eigenvalue weighted by Gasteiger charge is -2.47. The standard InChI is InChI=1S/C24H30N4O4.C16H20N2O4.C8H12N2/c1-15-9-20(27(6)25-15)23(5)11-19(26-32-23)16-7-8-18-17(10-16)12-30-24(18)13-28(14-24)21(29)31-22(2,3)4;1-15(2,3)22-14(19)18-9-16(10-18)13-5-4-11(7-17-20)6-12(13)8-21-16;1-6(2)8-5-7(3)9-10(8)4/h7-10H,11-14H2,1-6H3;4-7,20H,8-10H2,1-3H3;5H,1H2,2-4H3/b;17-7+;. The number of nitrogens with zero attached hydrogens (tertiary/aromatic N) is 8. The zero-order valence-corrected chi connectivity index (χ0v) is 39.2. The van der Waals surface area contributed by atoms with Crippen LogP contribution in [0.2, 0.25) is 0 Å². The van der Waals surface area contributed by atoms with Gasteiger partial charge in [0.15, 0.2) is 5.60 Å². The number of fused-ring (bicyclic) bond motifs is 4. The van der Waals surface area contributed by atoms with Gasteiger partial charge in [-0.2, -0.15) is 10.2 Å². The minimum atomic E-state index is -0.538. The molecule has 1 atom stereocenters. The fourth-order valence-corrected chi connectivity index (χ4v) is 8.77. The molecule has 2 spiro atoms. The zero-order valence-electron chi connectivity index (χ0n) is 39.2. The van der Waals surface area contributed by atoms with E-state index >= 15 is 0 Å². The van der Waals surface area contributed by atoms with Gasteiger partial charge in [-0.25, -0.2) is 9.59 Å². The summed E-state index contributed by atoms with van der Waals surface area (Å²) in [5.74, 6) is 0. The van der Waals surface area contributed by atoms with Crippen LogP contribution >= 0.6 is 0 Å². The molecule has 4 aromatic rings. The molecule has 0 bridgehead atoms. The fraction of sp³-hybridized carbons (Fsp3) is 0.500. The van der Waals surface area contributed by atoms with Gasteiger partial charge in [-0.05, 0) is 132 Å². The summed E-state index contributed by atoms with van der Waals surface area (Å²) in [5, 5.41) is 24.7.